The average molecular weight is 359 g/mol. The number of amides is 2. The Morgan fingerprint density at radius 3 is 2.65 bits per heavy atom. The zero-order valence-corrected chi connectivity index (χ0v) is 15.6. The third-order valence-corrected chi connectivity index (χ3v) is 5.30. The zero-order chi connectivity index (χ0) is 18.7. The first-order valence-corrected chi connectivity index (χ1v) is 9.48. The Bertz CT molecular complexity index is 661. The van der Waals surface area contributed by atoms with Gasteiger partial charge in [0.25, 0.3) is 0 Å². The summed E-state index contributed by atoms with van der Waals surface area (Å²) in [6.45, 7) is 6.20. The Kier molecular flexibility index (Phi) is 5.94. The number of benzene rings is 1. The van der Waals surface area contributed by atoms with Gasteiger partial charge in [-0.2, -0.15) is 0 Å². The van der Waals surface area contributed by atoms with Crippen molar-refractivity contribution in [1.29, 1.82) is 0 Å². The van der Waals surface area contributed by atoms with Gasteiger partial charge in [0.2, 0.25) is 11.8 Å². The molecule has 2 aliphatic rings. The number of nitrogens with zero attached hydrogens (tertiary/aromatic N) is 1. The maximum atomic E-state index is 12.9. The molecule has 3 rings (SSSR count). The van der Waals surface area contributed by atoms with Crippen LogP contribution in [-0.4, -0.2) is 53.6 Å². The fraction of sp³-hybridized carbons (Fsp3) is 0.600. The predicted octanol–water partition coefficient (Wildman–Crippen LogP) is 0.683. The van der Waals surface area contributed by atoms with Crippen LogP contribution in [0, 0.1) is 11.8 Å². The highest BCUT2D eigenvalue weighted by atomic mass is 16.3. The van der Waals surface area contributed by atoms with Crippen LogP contribution in [0.2, 0.25) is 0 Å². The van der Waals surface area contributed by atoms with E-state index in [1.165, 1.54) is 0 Å². The Labute approximate surface area is 155 Å². The monoisotopic (exact) mass is 359 g/mol. The molecule has 1 fully saturated rings. The summed E-state index contributed by atoms with van der Waals surface area (Å²) in [6, 6.07) is 7.52. The molecule has 6 nitrogen and oxygen atoms in total. The molecule has 3 unspecified atom stereocenters. The van der Waals surface area contributed by atoms with Crippen molar-refractivity contribution in [3.63, 3.8) is 0 Å². The zero-order valence-electron chi connectivity index (χ0n) is 15.6. The molecule has 142 valence electrons. The largest absolute Gasteiger partial charge is 0.391 e. The number of aliphatic hydroxyl groups is 1. The Morgan fingerprint density at radius 2 is 2.00 bits per heavy atom. The highest BCUT2D eigenvalue weighted by Crippen LogP contribution is 2.25. The molecule has 2 amide bonds. The Morgan fingerprint density at radius 1 is 1.27 bits per heavy atom. The van der Waals surface area contributed by atoms with Crippen molar-refractivity contribution in [3.8, 4) is 0 Å². The van der Waals surface area contributed by atoms with E-state index in [1.807, 2.05) is 38.1 Å². The van der Waals surface area contributed by atoms with Crippen LogP contribution < -0.4 is 10.6 Å². The van der Waals surface area contributed by atoms with Gasteiger partial charge in [0.05, 0.1) is 6.10 Å². The molecule has 0 spiro atoms. The van der Waals surface area contributed by atoms with E-state index in [-0.39, 0.29) is 23.7 Å². The minimum atomic E-state index is -0.484. The van der Waals surface area contributed by atoms with Gasteiger partial charge in [-0.3, -0.25) is 9.59 Å². The van der Waals surface area contributed by atoms with Crippen LogP contribution in [0.5, 0.6) is 0 Å². The summed E-state index contributed by atoms with van der Waals surface area (Å²) in [7, 11) is 0. The van der Waals surface area contributed by atoms with Gasteiger partial charge < -0.3 is 20.6 Å². The van der Waals surface area contributed by atoms with Gasteiger partial charge >= 0.3 is 0 Å². The van der Waals surface area contributed by atoms with Crippen LogP contribution in [0.25, 0.3) is 0 Å². The molecule has 2 heterocycles. The van der Waals surface area contributed by atoms with Crippen LogP contribution in [0.1, 0.15) is 31.4 Å². The number of fused-ring (bicyclic) bond motifs is 1. The number of nitrogens with one attached hydrogen (secondary N) is 2. The summed E-state index contributed by atoms with van der Waals surface area (Å²) in [5.41, 5.74) is 2.24. The normalized spacial score (nSPS) is 25.2. The lowest BCUT2D eigenvalue weighted by molar-refractivity contribution is -0.142. The number of aliphatic hydroxyl groups excluding tert-OH is 1. The molecule has 1 saturated heterocycles. The van der Waals surface area contributed by atoms with E-state index in [1.54, 1.807) is 4.90 Å². The first-order chi connectivity index (χ1) is 12.5. The number of hydrogen-bond donors (Lipinski definition) is 3. The molecule has 0 bridgehead atoms. The van der Waals surface area contributed by atoms with Crippen molar-refractivity contribution >= 4 is 11.8 Å². The van der Waals surface area contributed by atoms with Crippen LogP contribution in [0.4, 0.5) is 0 Å². The number of carbonyl (C=O) groups is 2. The molecule has 2 aliphatic heterocycles. The van der Waals surface area contributed by atoms with Crippen LogP contribution in [0.3, 0.4) is 0 Å². The Balaban J connectivity index is 1.72. The standard InChI is InChI=1S/C20H29N3O3/c1-13(2)7-19(25)23-12-15-6-4-3-5-14(15)8-17(23)20(26)22-10-16-9-21-11-18(16)24/h3-6,13,16-18,21,24H,7-12H2,1-2H3,(H,22,26). The lowest BCUT2D eigenvalue weighted by atomic mass is 9.92. The summed E-state index contributed by atoms with van der Waals surface area (Å²) >= 11 is 0. The first-order valence-electron chi connectivity index (χ1n) is 9.48. The first kappa shape index (κ1) is 18.9. The summed E-state index contributed by atoms with van der Waals surface area (Å²) in [5.74, 6) is 0.172. The highest BCUT2D eigenvalue weighted by Gasteiger charge is 2.35. The SMILES string of the molecule is CC(C)CC(=O)N1Cc2ccccc2CC1C(=O)NCC1CNCC1O. The smallest absolute Gasteiger partial charge is 0.243 e. The quantitative estimate of drug-likeness (QED) is 0.722. The summed E-state index contributed by atoms with van der Waals surface area (Å²) < 4.78 is 0. The number of β-amino-alcohol motifs (C(OH)–C–C–N with tert-alkyl or cyclic N) is 1. The molecule has 6 heteroatoms. The molecule has 0 aliphatic carbocycles. The maximum absolute atomic E-state index is 12.9. The summed E-state index contributed by atoms with van der Waals surface area (Å²) in [4.78, 5) is 27.3. The topological polar surface area (TPSA) is 81.7 Å². The molecular weight excluding hydrogens is 330 g/mol. The van der Waals surface area contributed by atoms with Crippen molar-refractivity contribution in [2.24, 2.45) is 11.8 Å². The van der Waals surface area contributed by atoms with Crippen LogP contribution in [0.15, 0.2) is 24.3 Å². The second-order valence-electron chi connectivity index (χ2n) is 7.84. The molecule has 26 heavy (non-hydrogen) atoms. The van der Waals surface area contributed by atoms with Crippen molar-refractivity contribution in [1.82, 2.24) is 15.5 Å². The minimum absolute atomic E-state index is 0.0228. The third kappa shape index (κ3) is 4.24. The van der Waals surface area contributed by atoms with Crippen LogP contribution in [-0.2, 0) is 22.6 Å². The number of carbonyl (C=O) groups excluding carboxylic acids is 2. The minimum Gasteiger partial charge on any atom is -0.391 e. The number of rotatable bonds is 5. The van der Waals surface area contributed by atoms with E-state index in [0.29, 0.717) is 39.0 Å². The van der Waals surface area contributed by atoms with Gasteiger partial charge in [-0.15, -0.1) is 0 Å². The predicted molar refractivity (Wildman–Crippen MR) is 99.3 cm³/mol. The van der Waals surface area contributed by atoms with E-state index in [0.717, 1.165) is 11.1 Å². The second-order valence-corrected chi connectivity index (χ2v) is 7.84. The summed E-state index contributed by atoms with van der Waals surface area (Å²) in [5, 5.41) is 16.0. The van der Waals surface area contributed by atoms with Gasteiger partial charge in [0.1, 0.15) is 6.04 Å². The molecule has 0 radical (unpaired) electrons. The van der Waals surface area contributed by atoms with Gasteiger partial charge in [0, 0.05) is 44.9 Å². The van der Waals surface area contributed by atoms with E-state index in [2.05, 4.69) is 10.6 Å². The molecule has 3 N–H and O–H groups in total. The fourth-order valence-corrected chi connectivity index (χ4v) is 3.76. The molecule has 3 atom stereocenters. The molecular formula is C20H29N3O3. The van der Waals surface area contributed by atoms with Gasteiger partial charge in [-0.25, -0.2) is 0 Å². The van der Waals surface area contributed by atoms with Crippen molar-refractivity contribution in [2.45, 2.75) is 45.4 Å². The van der Waals surface area contributed by atoms with Gasteiger partial charge in [-0.05, 0) is 17.0 Å². The van der Waals surface area contributed by atoms with E-state index >= 15 is 0 Å². The van der Waals surface area contributed by atoms with Crippen LogP contribution >= 0.6 is 0 Å². The van der Waals surface area contributed by atoms with Crippen molar-refractivity contribution < 1.29 is 14.7 Å². The van der Waals surface area contributed by atoms with E-state index in [4.69, 9.17) is 0 Å². The molecule has 0 aromatic heterocycles. The van der Waals surface area contributed by atoms with Crippen molar-refractivity contribution in [3.05, 3.63) is 35.4 Å². The maximum Gasteiger partial charge on any atom is 0.243 e. The second kappa shape index (κ2) is 8.18. The number of hydrogen-bond acceptors (Lipinski definition) is 4. The van der Waals surface area contributed by atoms with E-state index in [9.17, 15) is 14.7 Å². The molecule has 1 aromatic carbocycles. The van der Waals surface area contributed by atoms with Crippen molar-refractivity contribution in [2.75, 3.05) is 19.6 Å². The summed E-state index contributed by atoms with van der Waals surface area (Å²) in [6.07, 6.45) is 0.551. The average Bonchev–Trinajstić information content (AvgIpc) is 3.03. The fourth-order valence-electron chi connectivity index (χ4n) is 3.76. The van der Waals surface area contributed by atoms with Gasteiger partial charge in [-0.1, -0.05) is 38.1 Å². The lowest BCUT2D eigenvalue weighted by Crippen LogP contribution is -2.53. The van der Waals surface area contributed by atoms with Gasteiger partial charge in [0.15, 0.2) is 0 Å². The Hall–Kier alpha value is -1.92. The molecule has 0 saturated carbocycles. The lowest BCUT2D eigenvalue weighted by Gasteiger charge is -2.36. The third-order valence-electron chi connectivity index (χ3n) is 5.30. The molecule has 1 aromatic rings. The highest BCUT2D eigenvalue weighted by molar-refractivity contribution is 5.88. The van der Waals surface area contributed by atoms with E-state index < -0.39 is 12.1 Å².